The number of para-hydroxylation sites is 2. The highest BCUT2D eigenvalue weighted by Gasteiger charge is 2.17. The van der Waals surface area contributed by atoms with Crippen LogP contribution in [-0.4, -0.2) is 46.8 Å². The second-order valence-electron chi connectivity index (χ2n) is 12.2. The first kappa shape index (κ1) is 33.1. The lowest BCUT2D eigenvalue weighted by molar-refractivity contribution is 0.136. The predicted molar refractivity (Wildman–Crippen MR) is 182 cm³/mol. The Labute approximate surface area is 259 Å². The van der Waals surface area contributed by atoms with E-state index in [1.165, 1.54) is 57.8 Å². The van der Waals surface area contributed by atoms with E-state index in [1.54, 1.807) is 0 Å². The van der Waals surface area contributed by atoms with Gasteiger partial charge in [0.15, 0.2) is 11.3 Å². The van der Waals surface area contributed by atoms with E-state index in [0.717, 1.165) is 90.4 Å². The smallest absolute Gasteiger partial charge is 0.155 e. The Balaban J connectivity index is 1.24. The topological polar surface area (TPSA) is 61.9 Å². The third-order valence-corrected chi connectivity index (χ3v) is 9.05. The lowest BCUT2D eigenvalue weighted by atomic mass is 9.97. The van der Waals surface area contributed by atoms with Gasteiger partial charge in [-0.1, -0.05) is 102 Å². The molecule has 2 aromatic rings. The fourth-order valence-corrected chi connectivity index (χ4v) is 6.53. The van der Waals surface area contributed by atoms with E-state index in [9.17, 15) is 5.11 Å². The quantitative estimate of drug-likeness (QED) is 0.0637. The van der Waals surface area contributed by atoms with Crippen molar-refractivity contribution in [3.8, 4) is 11.5 Å². The second-order valence-corrected chi connectivity index (χ2v) is 12.2. The van der Waals surface area contributed by atoms with Gasteiger partial charge in [-0.05, 0) is 70.2 Å². The van der Waals surface area contributed by atoms with E-state index < -0.39 is 0 Å². The Bertz CT molecular complexity index is 1390. The normalized spacial score (nSPS) is 13.9. The molecule has 0 radical (unpaired) electrons. The number of aliphatic hydroxyl groups is 1. The molecule has 1 aliphatic heterocycles. The van der Waals surface area contributed by atoms with Gasteiger partial charge in [0.1, 0.15) is 11.2 Å². The monoisotopic (exact) mass is 585 g/mol. The molecule has 2 atom stereocenters. The highest BCUT2D eigenvalue weighted by Crippen LogP contribution is 2.30. The van der Waals surface area contributed by atoms with Gasteiger partial charge in [-0.3, -0.25) is 4.99 Å². The molecule has 234 valence electrons. The lowest BCUT2D eigenvalue weighted by Gasteiger charge is -2.30. The molecule has 2 aliphatic rings. The maximum atomic E-state index is 10.7. The van der Waals surface area contributed by atoms with E-state index in [2.05, 4.69) is 43.9 Å². The van der Waals surface area contributed by atoms with Crippen molar-refractivity contribution in [2.45, 2.75) is 123 Å². The largest absolute Gasteiger partial charge is 0.453 e. The van der Waals surface area contributed by atoms with Gasteiger partial charge in [0, 0.05) is 29.4 Å². The van der Waals surface area contributed by atoms with Crippen molar-refractivity contribution in [2.24, 2.45) is 4.99 Å². The van der Waals surface area contributed by atoms with Gasteiger partial charge in [-0.2, -0.15) is 0 Å². The molecule has 1 heterocycles. The van der Waals surface area contributed by atoms with E-state index in [-0.39, 0.29) is 6.10 Å². The summed E-state index contributed by atoms with van der Waals surface area (Å²) in [7, 11) is 0. The Morgan fingerprint density at radius 3 is 2.19 bits per heavy atom. The molecule has 4 rings (SSSR count). The van der Waals surface area contributed by atoms with Gasteiger partial charge in [-0.15, -0.1) is 0 Å². The number of aliphatic hydroxyl groups excluding tert-OH is 1. The van der Waals surface area contributed by atoms with Crippen LogP contribution in [0.2, 0.25) is 0 Å². The van der Waals surface area contributed by atoms with Crippen molar-refractivity contribution >= 4 is 21.9 Å². The van der Waals surface area contributed by atoms with Crippen LogP contribution >= 0.6 is 0 Å². The first-order valence-electron chi connectivity index (χ1n) is 17.3. The van der Waals surface area contributed by atoms with Crippen molar-refractivity contribution in [1.82, 2.24) is 9.88 Å². The molecule has 1 N–H and O–H groups in total. The molecule has 0 spiro atoms. The average molecular weight is 586 g/mol. The standard InChI is InChI=1S/C38H55N3O2/c1-4-7-8-9-10-11-12-20-30(41(5-2)6-3)21-19-23-31(42)22-17-18-28-39-35-29-37-38(33-25-14-13-24-32(33)35)40-34-26-15-16-27-36(34)43-37/h13-16,24-27,29-31,42H,4-12,17-23,28H2,1-3H3. The summed E-state index contributed by atoms with van der Waals surface area (Å²) in [6, 6.07) is 18.9. The summed E-state index contributed by atoms with van der Waals surface area (Å²) in [6.45, 7) is 9.85. The number of hydrogen-bond donors (Lipinski definition) is 1. The maximum absolute atomic E-state index is 10.7. The molecule has 0 aromatic heterocycles. The predicted octanol–water partition coefficient (Wildman–Crippen LogP) is 9.54. The zero-order valence-electron chi connectivity index (χ0n) is 27.1. The summed E-state index contributed by atoms with van der Waals surface area (Å²) in [5, 5.41) is 13.9. The van der Waals surface area contributed by atoms with Crippen LogP contribution in [0.1, 0.15) is 111 Å². The third kappa shape index (κ3) is 9.87. The SMILES string of the molecule is CCCCCCCCCC(CCCC(O)CCCCN=c1cc2oc3ccccc3nc-2c2ccccc12)N(CC)CC. The molecule has 2 aromatic carbocycles. The minimum atomic E-state index is -0.212. The maximum Gasteiger partial charge on any atom is 0.155 e. The number of rotatable bonds is 20. The summed E-state index contributed by atoms with van der Waals surface area (Å²) < 4.78 is 6.22. The Morgan fingerprint density at radius 2 is 1.40 bits per heavy atom. The molecule has 0 amide bonds. The summed E-state index contributed by atoms with van der Waals surface area (Å²) >= 11 is 0. The number of fused-ring (bicyclic) bond motifs is 4. The first-order chi connectivity index (χ1) is 21.1. The van der Waals surface area contributed by atoms with Crippen molar-refractivity contribution in [3.63, 3.8) is 0 Å². The summed E-state index contributed by atoms with van der Waals surface area (Å²) in [6.07, 6.45) is 16.7. The van der Waals surface area contributed by atoms with Gasteiger partial charge < -0.3 is 14.4 Å². The fourth-order valence-electron chi connectivity index (χ4n) is 6.53. The number of hydrogen-bond acceptors (Lipinski definition) is 5. The molecule has 0 fully saturated rings. The Hall–Kier alpha value is -2.76. The van der Waals surface area contributed by atoms with Crippen LogP contribution < -0.4 is 5.36 Å². The first-order valence-corrected chi connectivity index (χ1v) is 17.3. The molecule has 0 saturated carbocycles. The van der Waals surface area contributed by atoms with Crippen LogP contribution in [0.4, 0.5) is 0 Å². The minimum absolute atomic E-state index is 0.212. The highest BCUT2D eigenvalue weighted by molar-refractivity contribution is 5.96. The number of aromatic nitrogens is 1. The van der Waals surface area contributed by atoms with E-state index in [0.29, 0.717) is 6.04 Å². The van der Waals surface area contributed by atoms with Crippen LogP contribution in [0.3, 0.4) is 0 Å². The number of nitrogens with zero attached hydrogens (tertiary/aromatic N) is 3. The molecule has 2 unspecified atom stereocenters. The molecule has 5 heteroatoms. The fraction of sp³-hybridized carbons (Fsp3) is 0.579. The van der Waals surface area contributed by atoms with Crippen molar-refractivity contribution in [3.05, 3.63) is 60.0 Å². The molecule has 5 nitrogen and oxygen atoms in total. The Morgan fingerprint density at radius 1 is 0.744 bits per heavy atom. The van der Waals surface area contributed by atoms with Crippen LogP contribution in [0.15, 0.2) is 64.0 Å². The highest BCUT2D eigenvalue weighted by atomic mass is 16.3. The van der Waals surface area contributed by atoms with Gasteiger partial charge in [0.05, 0.1) is 11.5 Å². The lowest BCUT2D eigenvalue weighted by Crippen LogP contribution is -2.35. The second kappa shape index (κ2) is 18.1. The zero-order valence-corrected chi connectivity index (χ0v) is 27.1. The summed E-state index contributed by atoms with van der Waals surface area (Å²) in [4.78, 5) is 12.5. The van der Waals surface area contributed by atoms with Crippen LogP contribution in [-0.2, 0) is 0 Å². The molecule has 1 aliphatic carbocycles. The van der Waals surface area contributed by atoms with Crippen molar-refractivity contribution in [2.75, 3.05) is 19.6 Å². The minimum Gasteiger partial charge on any atom is -0.453 e. The van der Waals surface area contributed by atoms with Crippen LogP contribution in [0, 0.1) is 0 Å². The molecule has 0 saturated heterocycles. The molecule has 43 heavy (non-hydrogen) atoms. The molecule has 0 bridgehead atoms. The van der Waals surface area contributed by atoms with E-state index >= 15 is 0 Å². The summed E-state index contributed by atoms with van der Waals surface area (Å²) in [5.74, 6) is 0.765. The van der Waals surface area contributed by atoms with Gasteiger partial charge in [0.25, 0.3) is 0 Å². The van der Waals surface area contributed by atoms with Gasteiger partial charge >= 0.3 is 0 Å². The van der Waals surface area contributed by atoms with E-state index in [4.69, 9.17) is 14.4 Å². The Kier molecular flexibility index (Phi) is 14.0. The summed E-state index contributed by atoms with van der Waals surface area (Å²) in [5.41, 5.74) is 2.52. The number of benzene rings is 3. The average Bonchev–Trinajstić information content (AvgIpc) is 3.03. The van der Waals surface area contributed by atoms with Crippen molar-refractivity contribution in [1.29, 1.82) is 0 Å². The van der Waals surface area contributed by atoms with Crippen LogP contribution in [0.5, 0.6) is 0 Å². The molecular weight excluding hydrogens is 530 g/mol. The van der Waals surface area contributed by atoms with E-state index in [1.807, 2.05) is 36.4 Å². The number of unbranched alkanes of at least 4 members (excludes halogenated alkanes) is 7. The van der Waals surface area contributed by atoms with Crippen LogP contribution in [0.25, 0.3) is 33.3 Å². The zero-order chi connectivity index (χ0) is 30.3. The third-order valence-electron chi connectivity index (χ3n) is 9.05. The van der Waals surface area contributed by atoms with Crippen molar-refractivity contribution < 1.29 is 9.52 Å². The van der Waals surface area contributed by atoms with Gasteiger partial charge in [0.2, 0.25) is 0 Å². The molecular formula is C38H55N3O2. The van der Waals surface area contributed by atoms with Gasteiger partial charge in [-0.25, -0.2) is 4.98 Å².